The van der Waals surface area contributed by atoms with E-state index in [2.05, 4.69) is 37.5 Å². The number of aromatic nitrogens is 5. The van der Waals surface area contributed by atoms with Crippen molar-refractivity contribution in [2.75, 3.05) is 12.4 Å². The third kappa shape index (κ3) is 4.37. The first-order valence-electron chi connectivity index (χ1n) is 10.1. The summed E-state index contributed by atoms with van der Waals surface area (Å²) in [6.07, 6.45) is 0. The number of anilines is 1. The van der Waals surface area contributed by atoms with Gasteiger partial charge in [0.25, 0.3) is 0 Å². The van der Waals surface area contributed by atoms with Crippen LogP contribution in [0.4, 0.5) is 5.82 Å². The molecule has 0 aliphatic rings. The Labute approximate surface area is 190 Å². The number of thiophene rings is 1. The second-order valence-electron chi connectivity index (χ2n) is 7.38. The third-order valence-electron chi connectivity index (χ3n) is 5.10. The van der Waals surface area contributed by atoms with Crippen LogP contribution in [0.15, 0.2) is 29.6 Å². The molecule has 2 N–H and O–H groups in total. The molecule has 1 atom stereocenters. The number of nitrogens with zero attached hydrogens (tertiary/aromatic N) is 5. The highest BCUT2D eigenvalue weighted by atomic mass is 32.1. The lowest BCUT2D eigenvalue weighted by atomic mass is 10.1. The molecule has 0 aliphatic heterocycles. The van der Waals surface area contributed by atoms with E-state index in [4.69, 9.17) is 4.98 Å². The van der Waals surface area contributed by atoms with Crippen LogP contribution in [0.25, 0.3) is 22.3 Å². The number of rotatable bonds is 4. The first-order chi connectivity index (χ1) is 15.4. The molecule has 1 amide bonds. The minimum atomic E-state index is -0.366. The number of carbonyl (C=O) groups excluding carboxylic acids is 1. The van der Waals surface area contributed by atoms with Crippen LogP contribution >= 0.6 is 11.3 Å². The molecule has 0 fully saturated rings. The van der Waals surface area contributed by atoms with Gasteiger partial charge in [-0.1, -0.05) is 6.07 Å². The maximum atomic E-state index is 12.5. The van der Waals surface area contributed by atoms with Crippen molar-refractivity contribution in [3.8, 4) is 23.1 Å². The van der Waals surface area contributed by atoms with Crippen molar-refractivity contribution in [3.63, 3.8) is 0 Å². The predicted octanol–water partition coefficient (Wildman–Crippen LogP) is 3.05. The zero-order chi connectivity index (χ0) is 22.8. The largest absolute Gasteiger partial charge is 0.309 e. The first-order valence-corrected chi connectivity index (χ1v) is 11.0. The molecule has 0 saturated heterocycles. The fourth-order valence-electron chi connectivity index (χ4n) is 3.19. The number of nitrogens with one attached hydrogen (secondary N) is 2. The summed E-state index contributed by atoms with van der Waals surface area (Å²) in [4.78, 5) is 27.2. The maximum Gasteiger partial charge on any atom is 0.242 e. The van der Waals surface area contributed by atoms with Crippen LogP contribution in [-0.4, -0.2) is 43.7 Å². The number of hydrogen-bond acceptors (Lipinski definition) is 7. The average Bonchev–Trinajstić information content (AvgIpc) is 3.39. The van der Waals surface area contributed by atoms with E-state index in [1.165, 1.54) is 0 Å². The zero-order valence-electron chi connectivity index (χ0n) is 18.5. The van der Waals surface area contributed by atoms with Crippen molar-refractivity contribution in [1.82, 2.24) is 30.0 Å². The number of carbonyl (C=O) groups is 1. The monoisotopic (exact) mass is 445 g/mol. The second-order valence-corrected chi connectivity index (χ2v) is 8.33. The fourth-order valence-corrected chi connectivity index (χ4v) is 3.76. The molecule has 0 saturated carbocycles. The van der Waals surface area contributed by atoms with Crippen molar-refractivity contribution in [2.45, 2.75) is 26.8 Å². The Bertz CT molecular complexity index is 1360. The minimum Gasteiger partial charge on any atom is -0.309 e. The van der Waals surface area contributed by atoms with Crippen molar-refractivity contribution in [2.24, 2.45) is 7.05 Å². The molecule has 4 rings (SSSR count). The van der Waals surface area contributed by atoms with Crippen LogP contribution < -0.4 is 10.6 Å². The summed E-state index contributed by atoms with van der Waals surface area (Å²) in [6.45, 7) is 5.60. The summed E-state index contributed by atoms with van der Waals surface area (Å²) in [7, 11) is 3.61. The van der Waals surface area contributed by atoms with Crippen molar-refractivity contribution in [3.05, 3.63) is 51.7 Å². The molecule has 9 heteroatoms. The van der Waals surface area contributed by atoms with Gasteiger partial charge in [0.15, 0.2) is 5.65 Å². The lowest BCUT2D eigenvalue weighted by Gasteiger charge is -2.12. The Morgan fingerprint density at radius 3 is 2.72 bits per heavy atom. The Kier molecular flexibility index (Phi) is 5.99. The predicted molar refractivity (Wildman–Crippen MR) is 126 cm³/mol. The van der Waals surface area contributed by atoms with E-state index in [1.54, 1.807) is 30.0 Å². The van der Waals surface area contributed by atoms with E-state index in [-0.39, 0.29) is 11.9 Å². The van der Waals surface area contributed by atoms with Gasteiger partial charge in [-0.05, 0) is 63.2 Å². The van der Waals surface area contributed by atoms with E-state index < -0.39 is 0 Å². The van der Waals surface area contributed by atoms with Gasteiger partial charge in [-0.25, -0.2) is 15.0 Å². The maximum absolute atomic E-state index is 12.5. The smallest absolute Gasteiger partial charge is 0.242 e. The molecule has 0 radical (unpaired) electrons. The van der Waals surface area contributed by atoms with Gasteiger partial charge < -0.3 is 10.6 Å². The normalized spacial score (nSPS) is 11.8. The highest BCUT2D eigenvalue weighted by molar-refractivity contribution is 7.10. The molecule has 0 unspecified atom stereocenters. The molecule has 0 aromatic carbocycles. The molecular formula is C23H23N7OS. The third-order valence-corrected chi connectivity index (χ3v) is 5.89. The number of amides is 1. The Morgan fingerprint density at radius 2 is 2.00 bits per heavy atom. The number of pyridine rings is 1. The highest BCUT2D eigenvalue weighted by Gasteiger charge is 2.18. The molecule has 0 aliphatic carbocycles. The van der Waals surface area contributed by atoms with E-state index in [1.807, 2.05) is 50.5 Å². The molecule has 4 aromatic rings. The molecule has 0 bridgehead atoms. The average molecular weight is 446 g/mol. The number of fused-ring (bicyclic) bond motifs is 1. The minimum absolute atomic E-state index is 0.184. The molecule has 32 heavy (non-hydrogen) atoms. The number of likely N-dealkylation sites (N-methyl/N-ethyl adjacent to an activating group) is 1. The van der Waals surface area contributed by atoms with Crippen LogP contribution in [-0.2, 0) is 11.8 Å². The van der Waals surface area contributed by atoms with E-state index in [9.17, 15) is 4.79 Å². The molecule has 162 valence electrons. The van der Waals surface area contributed by atoms with Crippen LogP contribution in [0.1, 0.15) is 29.0 Å². The van der Waals surface area contributed by atoms with E-state index in [0.29, 0.717) is 23.0 Å². The van der Waals surface area contributed by atoms with Gasteiger partial charge in [0.2, 0.25) is 5.91 Å². The first kappa shape index (κ1) is 21.6. The zero-order valence-corrected chi connectivity index (χ0v) is 19.3. The molecule has 4 heterocycles. The summed E-state index contributed by atoms with van der Waals surface area (Å²) < 4.78 is 1.79. The summed E-state index contributed by atoms with van der Waals surface area (Å²) in [6, 6.07) is 7.23. The van der Waals surface area contributed by atoms with Crippen molar-refractivity contribution in [1.29, 1.82) is 0 Å². The van der Waals surface area contributed by atoms with Gasteiger partial charge in [0.05, 0.1) is 22.0 Å². The Hall–Kier alpha value is -3.61. The summed E-state index contributed by atoms with van der Waals surface area (Å²) in [5.41, 5.74) is 3.64. The van der Waals surface area contributed by atoms with Gasteiger partial charge in [-0.2, -0.15) is 5.10 Å². The fraction of sp³-hybridized carbons (Fsp3) is 0.261. The molecule has 0 spiro atoms. The summed E-state index contributed by atoms with van der Waals surface area (Å²) >= 11 is 1.56. The lowest BCUT2D eigenvalue weighted by molar-refractivity contribution is -0.117. The van der Waals surface area contributed by atoms with Crippen LogP contribution in [0, 0.1) is 25.7 Å². The topological polar surface area (TPSA) is 97.6 Å². The quantitative estimate of drug-likeness (QED) is 0.469. The lowest BCUT2D eigenvalue weighted by Crippen LogP contribution is -2.35. The van der Waals surface area contributed by atoms with Gasteiger partial charge >= 0.3 is 0 Å². The molecule has 8 nitrogen and oxygen atoms in total. The Morgan fingerprint density at radius 1 is 1.19 bits per heavy atom. The standard InChI is InChI=1S/C23H23N7OS/c1-13(24-4)23(31)28-19-12-16(11-17(27-19)8-9-18-7-6-10-32-18)21-20-14(2)30(5)29-22(20)26-15(3)25-21/h6-7,10-13,24H,1-5H3,(H,27,28,31)/t13-/m1/s1. The molecular weight excluding hydrogens is 422 g/mol. The van der Waals surface area contributed by atoms with Crippen molar-refractivity contribution >= 4 is 34.1 Å². The number of aryl methyl sites for hydroxylation is 3. The van der Waals surface area contributed by atoms with Crippen LogP contribution in [0.3, 0.4) is 0 Å². The van der Waals surface area contributed by atoms with E-state index in [0.717, 1.165) is 27.2 Å². The van der Waals surface area contributed by atoms with Crippen LogP contribution in [0.2, 0.25) is 0 Å². The van der Waals surface area contributed by atoms with Gasteiger partial charge in [-0.3, -0.25) is 9.48 Å². The van der Waals surface area contributed by atoms with Crippen molar-refractivity contribution < 1.29 is 4.79 Å². The highest BCUT2D eigenvalue weighted by Crippen LogP contribution is 2.30. The van der Waals surface area contributed by atoms with Gasteiger partial charge in [0, 0.05) is 18.3 Å². The number of hydrogen-bond donors (Lipinski definition) is 2. The second kappa shape index (κ2) is 8.86. The summed E-state index contributed by atoms with van der Waals surface area (Å²) in [5, 5.41) is 13.2. The Balaban J connectivity index is 1.88. The van der Waals surface area contributed by atoms with Gasteiger partial charge in [0.1, 0.15) is 17.3 Å². The van der Waals surface area contributed by atoms with Gasteiger partial charge in [-0.15, -0.1) is 11.3 Å². The SMILES string of the molecule is CN[C@H](C)C(=O)Nc1cc(-c2nc(C)nc3nn(C)c(C)c23)cc(C#Cc2cccs2)n1. The van der Waals surface area contributed by atoms with Crippen LogP contribution in [0.5, 0.6) is 0 Å². The summed E-state index contributed by atoms with van der Waals surface area (Å²) in [5.74, 6) is 7.09. The molecule has 4 aromatic heterocycles. The van der Waals surface area contributed by atoms with E-state index >= 15 is 0 Å².